The molecule has 1 aromatic rings. The van der Waals surface area contributed by atoms with E-state index in [1.54, 1.807) is 21.3 Å². The molecule has 1 unspecified atom stereocenters. The molecule has 25 heavy (non-hydrogen) atoms. The Morgan fingerprint density at radius 3 is 2.04 bits per heavy atom. The van der Waals surface area contributed by atoms with E-state index in [0.29, 0.717) is 23.7 Å². The van der Waals surface area contributed by atoms with Crippen LogP contribution in [0.1, 0.15) is 70.4 Å². The van der Waals surface area contributed by atoms with Gasteiger partial charge in [0.15, 0.2) is 11.5 Å². The third-order valence-electron chi connectivity index (χ3n) is 4.32. The molecule has 0 heterocycles. The Morgan fingerprint density at radius 2 is 1.52 bits per heavy atom. The number of nitrogens with one attached hydrogen (secondary N) is 1. The third-order valence-corrected chi connectivity index (χ3v) is 4.32. The maximum absolute atomic E-state index is 12.1. The van der Waals surface area contributed by atoms with Gasteiger partial charge in [0.25, 0.3) is 0 Å². The smallest absolute Gasteiger partial charge is 0.220 e. The first-order valence-electron chi connectivity index (χ1n) is 9.16. The molecule has 0 saturated carbocycles. The Morgan fingerprint density at radius 1 is 0.960 bits per heavy atom. The number of ether oxygens (including phenoxy) is 3. The first-order chi connectivity index (χ1) is 12.1. The molecule has 5 nitrogen and oxygen atoms in total. The molecule has 0 radical (unpaired) electrons. The molecular weight excluding hydrogens is 318 g/mol. The Balaban J connectivity index is 2.58. The summed E-state index contributed by atoms with van der Waals surface area (Å²) in [5, 5.41) is 3.05. The first-order valence-corrected chi connectivity index (χ1v) is 9.16. The Labute approximate surface area is 152 Å². The van der Waals surface area contributed by atoms with Gasteiger partial charge >= 0.3 is 0 Å². The quantitative estimate of drug-likeness (QED) is 0.557. The molecule has 5 heteroatoms. The summed E-state index contributed by atoms with van der Waals surface area (Å²) < 4.78 is 16.1. The molecule has 1 N–H and O–H groups in total. The molecule has 0 aliphatic heterocycles. The van der Waals surface area contributed by atoms with Crippen molar-refractivity contribution in [2.45, 2.75) is 64.8 Å². The van der Waals surface area contributed by atoms with Crippen molar-refractivity contribution in [1.82, 2.24) is 5.32 Å². The summed E-state index contributed by atoms with van der Waals surface area (Å²) in [7, 11) is 4.75. The number of methoxy groups -OCH3 is 3. The summed E-state index contributed by atoms with van der Waals surface area (Å²) in [6, 6.07) is 3.62. The molecule has 0 bridgehead atoms. The zero-order chi connectivity index (χ0) is 18.7. The zero-order valence-corrected chi connectivity index (χ0v) is 16.3. The summed E-state index contributed by atoms with van der Waals surface area (Å²) >= 11 is 0. The van der Waals surface area contributed by atoms with Crippen LogP contribution in [-0.4, -0.2) is 27.2 Å². The van der Waals surface area contributed by atoms with Crippen LogP contribution in [0, 0.1) is 0 Å². The highest BCUT2D eigenvalue weighted by molar-refractivity contribution is 5.76. The summed E-state index contributed by atoms with van der Waals surface area (Å²) in [4.78, 5) is 12.1. The highest BCUT2D eigenvalue weighted by Crippen LogP contribution is 2.39. The highest BCUT2D eigenvalue weighted by Gasteiger charge is 2.17. The number of rotatable bonds is 12. The van der Waals surface area contributed by atoms with Crippen LogP contribution in [0.5, 0.6) is 17.2 Å². The second kappa shape index (κ2) is 11.6. The minimum Gasteiger partial charge on any atom is -0.493 e. The number of unbranched alkanes of at least 4 members (excludes halogenated alkanes) is 5. The second-order valence-corrected chi connectivity index (χ2v) is 6.27. The lowest BCUT2D eigenvalue weighted by Gasteiger charge is -2.18. The first kappa shape index (κ1) is 21.1. The fourth-order valence-corrected chi connectivity index (χ4v) is 2.81. The van der Waals surface area contributed by atoms with Crippen molar-refractivity contribution in [2.24, 2.45) is 0 Å². The van der Waals surface area contributed by atoms with E-state index in [2.05, 4.69) is 12.2 Å². The molecule has 0 aliphatic rings. The summed E-state index contributed by atoms with van der Waals surface area (Å²) in [5.74, 6) is 1.82. The van der Waals surface area contributed by atoms with E-state index in [9.17, 15) is 4.79 Å². The topological polar surface area (TPSA) is 56.8 Å². The van der Waals surface area contributed by atoms with Gasteiger partial charge in [0.2, 0.25) is 11.7 Å². The number of hydrogen-bond acceptors (Lipinski definition) is 4. The van der Waals surface area contributed by atoms with Gasteiger partial charge in [-0.15, -0.1) is 0 Å². The standard InChI is InChI=1S/C20H33NO4/c1-6-7-8-9-10-11-12-19(22)21-15(2)16-13-17(23-3)20(25-5)18(14-16)24-4/h13-15H,6-12H2,1-5H3,(H,21,22). The van der Waals surface area contributed by atoms with Crippen LogP contribution in [0.4, 0.5) is 0 Å². The van der Waals surface area contributed by atoms with Gasteiger partial charge in [0.05, 0.1) is 27.4 Å². The van der Waals surface area contributed by atoms with Gasteiger partial charge in [-0.05, 0) is 31.0 Å². The van der Waals surface area contributed by atoms with E-state index in [1.807, 2.05) is 19.1 Å². The van der Waals surface area contributed by atoms with E-state index in [0.717, 1.165) is 18.4 Å². The lowest BCUT2D eigenvalue weighted by Crippen LogP contribution is -2.26. The lowest BCUT2D eigenvalue weighted by molar-refractivity contribution is -0.121. The summed E-state index contributed by atoms with van der Waals surface area (Å²) in [6.07, 6.45) is 7.63. The van der Waals surface area contributed by atoms with Crippen molar-refractivity contribution in [1.29, 1.82) is 0 Å². The van der Waals surface area contributed by atoms with Crippen LogP contribution >= 0.6 is 0 Å². The number of carbonyl (C=O) groups is 1. The monoisotopic (exact) mass is 351 g/mol. The molecule has 0 fully saturated rings. The second-order valence-electron chi connectivity index (χ2n) is 6.27. The number of hydrogen-bond donors (Lipinski definition) is 1. The Kier molecular flexibility index (Phi) is 9.81. The largest absolute Gasteiger partial charge is 0.493 e. The molecule has 1 rings (SSSR count). The average molecular weight is 351 g/mol. The van der Waals surface area contributed by atoms with Gasteiger partial charge in [-0.1, -0.05) is 39.0 Å². The number of amides is 1. The predicted octanol–water partition coefficient (Wildman–Crippen LogP) is 4.64. The normalized spacial score (nSPS) is 11.7. The molecule has 1 atom stereocenters. The van der Waals surface area contributed by atoms with Gasteiger partial charge in [0.1, 0.15) is 0 Å². The fourth-order valence-electron chi connectivity index (χ4n) is 2.81. The highest BCUT2D eigenvalue weighted by atomic mass is 16.5. The van der Waals surface area contributed by atoms with Crippen molar-refractivity contribution in [3.8, 4) is 17.2 Å². The van der Waals surface area contributed by atoms with Crippen LogP contribution < -0.4 is 19.5 Å². The maximum Gasteiger partial charge on any atom is 0.220 e. The molecule has 142 valence electrons. The number of benzene rings is 1. The van der Waals surface area contributed by atoms with Gasteiger partial charge in [-0.25, -0.2) is 0 Å². The van der Waals surface area contributed by atoms with Gasteiger partial charge in [-0.3, -0.25) is 4.79 Å². The van der Waals surface area contributed by atoms with E-state index in [1.165, 1.54) is 25.7 Å². The minimum atomic E-state index is -0.124. The van der Waals surface area contributed by atoms with Gasteiger partial charge < -0.3 is 19.5 Å². The van der Waals surface area contributed by atoms with Crippen molar-refractivity contribution >= 4 is 5.91 Å². The van der Waals surface area contributed by atoms with Crippen molar-refractivity contribution < 1.29 is 19.0 Å². The molecule has 0 saturated heterocycles. The molecule has 0 aliphatic carbocycles. The van der Waals surface area contributed by atoms with E-state index in [-0.39, 0.29) is 11.9 Å². The van der Waals surface area contributed by atoms with Crippen LogP contribution in [0.2, 0.25) is 0 Å². The minimum absolute atomic E-state index is 0.0803. The van der Waals surface area contributed by atoms with Crippen LogP contribution in [0.15, 0.2) is 12.1 Å². The molecular formula is C20H33NO4. The third kappa shape index (κ3) is 6.85. The molecule has 1 amide bonds. The van der Waals surface area contributed by atoms with Crippen LogP contribution in [-0.2, 0) is 4.79 Å². The summed E-state index contributed by atoms with van der Waals surface area (Å²) in [5.41, 5.74) is 0.922. The number of carbonyl (C=O) groups excluding carboxylic acids is 1. The van der Waals surface area contributed by atoms with E-state index >= 15 is 0 Å². The fraction of sp³-hybridized carbons (Fsp3) is 0.650. The van der Waals surface area contributed by atoms with Gasteiger partial charge in [-0.2, -0.15) is 0 Å². The van der Waals surface area contributed by atoms with Gasteiger partial charge in [0, 0.05) is 6.42 Å². The molecule has 0 spiro atoms. The molecule has 1 aromatic carbocycles. The maximum atomic E-state index is 12.1. The van der Waals surface area contributed by atoms with Crippen molar-refractivity contribution in [3.05, 3.63) is 17.7 Å². The average Bonchev–Trinajstić information content (AvgIpc) is 2.63. The van der Waals surface area contributed by atoms with Crippen LogP contribution in [0.3, 0.4) is 0 Å². The molecule has 0 aromatic heterocycles. The van der Waals surface area contributed by atoms with Crippen LogP contribution in [0.25, 0.3) is 0 Å². The predicted molar refractivity (Wildman–Crippen MR) is 101 cm³/mol. The SMILES string of the molecule is CCCCCCCCC(=O)NC(C)c1cc(OC)c(OC)c(OC)c1. The van der Waals surface area contributed by atoms with E-state index < -0.39 is 0 Å². The zero-order valence-electron chi connectivity index (χ0n) is 16.3. The van der Waals surface area contributed by atoms with Crippen molar-refractivity contribution in [2.75, 3.05) is 21.3 Å². The van der Waals surface area contributed by atoms with E-state index in [4.69, 9.17) is 14.2 Å². The Bertz CT molecular complexity index is 505. The summed E-state index contributed by atoms with van der Waals surface area (Å²) in [6.45, 7) is 4.16. The van der Waals surface area contributed by atoms with Crippen molar-refractivity contribution in [3.63, 3.8) is 0 Å². The lowest BCUT2D eigenvalue weighted by atomic mass is 10.1. The Hall–Kier alpha value is -1.91.